The number of carbonyl (C=O) groups excluding carboxylic acids is 1. The van der Waals surface area contributed by atoms with E-state index in [2.05, 4.69) is 15.6 Å². The molecule has 9 heteroatoms. The number of ether oxygens (including phenoxy) is 2. The van der Waals surface area contributed by atoms with Crippen LogP contribution in [0.5, 0.6) is 11.5 Å². The third-order valence-electron chi connectivity index (χ3n) is 6.58. The molecule has 0 saturated carbocycles. The Balaban J connectivity index is 1.30. The van der Waals surface area contributed by atoms with Crippen LogP contribution in [0.25, 0.3) is 11.0 Å². The molecule has 0 amide bonds. The van der Waals surface area contributed by atoms with Crippen molar-refractivity contribution >= 4 is 28.5 Å². The third-order valence-corrected chi connectivity index (χ3v) is 6.58. The Kier molecular flexibility index (Phi) is 7.67. The number of Topliss-reactive ketones (excluding diaryl/α,β-unsaturated/α-hetero) is 1. The first kappa shape index (κ1) is 25.8. The zero-order valence-electron chi connectivity index (χ0n) is 21.8. The molecule has 38 heavy (non-hydrogen) atoms. The van der Waals surface area contributed by atoms with Crippen molar-refractivity contribution in [2.45, 2.75) is 38.6 Å². The van der Waals surface area contributed by atoms with E-state index in [4.69, 9.17) is 14.5 Å². The number of hydrogen-bond donors (Lipinski definition) is 2. The Morgan fingerprint density at radius 1 is 1.18 bits per heavy atom. The number of aryl methyl sites for hydroxylation is 1. The maximum atomic E-state index is 14.4. The molecule has 5 rings (SSSR count). The minimum absolute atomic E-state index is 0.0698. The average Bonchev–Trinajstić information content (AvgIpc) is 3.53. The Bertz CT molecular complexity index is 1450. The lowest BCUT2D eigenvalue weighted by Crippen LogP contribution is -2.30. The number of nitrogens with zero attached hydrogens (tertiary/aromatic N) is 3. The number of benzene rings is 2. The monoisotopic (exact) mass is 517 g/mol. The van der Waals surface area contributed by atoms with Gasteiger partial charge in [-0.3, -0.25) is 9.78 Å². The molecule has 3 heterocycles. The zero-order chi connectivity index (χ0) is 26.6. The molecule has 1 aliphatic rings. The van der Waals surface area contributed by atoms with Crippen molar-refractivity contribution in [1.82, 2.24) is 19.9 Å². The molecule has 0 radical (unpaired) electrons. The van der Waals surface area contributed by atoms with Crippen LogP contribution in [0, 0.1) is 5.82 Å². The average molecular weight is 518 g/mol. The summed E-state index contributed by atoms with van der Waals surface area (Å²) in [5.74, 6) is 1.79. The summed E-state index contributed by atoms with van der Waals surface area (Å²) in [5.41, 5.74) is 3.77. The van der Waals surface area contributed by atoms with Crippen molar-refractivity contribution in [3.63, 3.8) is 0 Å². The van der Waals surface area contributed by atoms with Gasteiger partial charge in [-0.2, -0.15) is 0 Å². The van der Waals surface area contributed by atoms with E-state index >= 15 is 0 Å². The van der Waals surface area contributed by atoms with Crippen molar-refractivity contribution in [2.75, 3.05) is 25.1 Å². The van der Waals surface area contributed by atoms with E-state index in [1.54, 1.807) is 24.4 Å². The van der Waals surface area contributed by atoms with E-state index in [9.17, 15) is 9.18 Å². The van der Waals surface area contributed by atoms with Gasteiger partial charge in [-0.15, -0.1) is 0 Å². The highest BCUT2D eigenvalue weighted by atomic mass is 19.1. The normalized spacial score (nSPS) is 15.3. The summed E-state index contributed by atoms with van der Waals surface area (Å²) in [6, 6.07) is 14.5. The molecule has 1 unspecified atom stereocenters. The minimum atomic E-state index is -0.214. The topological polar surface area (TPSA) is 90.3 Å². The van der Waals surface area contributed by atoms with Crippen LogP contribution >= 0.6 is 0 Å². The number of imidazole rings is 1. The van der Waals surface area contributed by atoms with Gasteiger partial charge >= 0.3 is 0 Å². The van der Waals surface area contributed by atoms with E-state index in [0.29, 0.717) is 48.5 Å². The molecule has 1 atom stereocenters. The predicted octanol–water partition coefficient (Wildman–Crippen LogP) is 5.26. The number of anilines is 2. The summed E-state index contributed by atoms with van der Waals surface area (Å²) < 4.78 is 27.9. The van der Waals surface area contributed by atoms with Crippen LogP contribution in [0.4, 0.5) is 16.0 Å². The van der Waals surface area contributed by atoms with E-state index in [-0.39, 0.29) is 30.0 Å². The second kappa shape index (κ2) is 11.3. The smallest absolute Gasteiger partial charge is 0.208 e. The van der Waals surface area contributed by atoms with Crippen LogP contribution in [0.2, 0.25) is 0 Å². The molecule has 0 aliphatic carbocycles. The van der Waals surface area contributed by atoms with Crippen LogP contribution in [0.15, 0.2) is 54.7 Å². The fourth-order valence-electron chi connectivity index (χ4n) is 4.53. The maximum absolute atomic E-state index is 14.4. The lowest BCUT2D eigenvalue weighted by Gasteiger charge is -2.13. The second-order valence-electron chi connectivity index (χ2n) is 9.90. The summed E-state index contributed by atoms with van der Waals surface area (Å²) in [6.45, 7) is 5.52. The number of fused-ring (bicyclic) bond motifs is 1. The number of halogens is 1. The number of carbonyl (C=O) groups is 1. The Hall–Kier alpha value is -3.82. The second-order valence-corrected chi connectivity index (χ2v) is 9.90. The van der Waals surface area contributed by atoms with Gasteiger partial charge < -0.3 is 24.7 Å². The van der Waals surface area contributed by atoms with Crippen LogP contribution < -0.4 is 15.4 Å². The number of nitrogens with one attached hydrogen (secondary N) is 2. The number of ketones is 1. The fourth-order valence-corrected chi connectivity index (χ4v) is 4.53. The number of rotatable bonds is 10. The molecule has 2 aromatic carbocycles. The molecular weight excluding hydrogens is 485 g/mol. The van der Waals surface area contributed by atoms with Gasteiger partial charge in [0.15, 0.2) is 5.78 Å². The molecule has 2 aromatic heterocycles. The molecule has 4 aromatic rings. The lowest BCUT2D eigenvalue weighted by atomic mass is 9.97. The van der Waals surface area contributed by atoms with Gasteiger partial charge in [0.25, 0.3) is 0 Å². The summed E-state index contributed by atoms with van der Waals surface area (Å²) in [6.07, 6.45) is 2.70. The SMILES string of the molecule is CC(C)NCC(=O)Cc1cc(Oc2ccc3c(c2)nc(Nc2ccc(F)c(C4CCOC4)c2)n3C)ccn1. The van der Waals surface area contributed by atoms with Crippen LogP contribution in [-0.4, -0.2) is 46.1 Å². The Morgan fingerprint density at radius 2 is 2.03 bits per heavy atom. The van der Waals surface area contributed by atoms with E-state index in [1.165, 1.54) is 6.07 Å². The van der Waals surface area contributed by atoms with Gasteiger partial charge in [0.1, 0.15) is 17.3 Å². The van der Waals surface area contributed by atoms with Gasteiger partial charge in [-0.05, 0) is 48.4 Å². The quantitative estimate of drug-likeness (QED) is 0.297. The Morgan fingerprint density at radius 3 is 2.82 bits per heavy atom. The van der Waals surface area contributed by atoms with Crippen LogP contribution in [0.1, 0.15) is 37.4 Å². The first-order chi connectivity index (χ1) is 18.4. The van der Waals surface area contributed by atoms with E-state index in [0.717, 1.165) is 23.1 Å². The molecule has 2 N–H and O–H groups in total. The van der Waals surface area contributed by atoms with Gasteiger partial charge in [-0.25, -0.2) is 9.37 Å². The van der Waals surface area contributed by atoms with Crippen molar-refractivity contribution in [3.8, 4) is 11.5 Å². The molecule has 0 bridgehead atoms. The van der Waals surface area contributed by atoms with Gasteiger partial charge in [-0.1, -0.05) is 13.8 Å². The van der Waals surface area contributed by atoms with Crippen molar-refractivity contribution in [2.24, 2.45) is 7.05 Å². The molecule has 8 nitrogen and oxygen atoms in total. The molecule has 1 saturated heterocycles. The lowest BCUT2D eigenvalue weighted by molar-refractivity contribution is -0.117. The highest BCUT2D eigenvalue weighted by molar-refractivity contribution is 5.82. The largest absolute Gasteiger partial charge is 0.457 e. The van der Waals surface area contributed by atoms with Crippen molar-refractivity contribution < 1.29 is 18.7 Å². The minimum Gasteiger partial charge on any atom is -0.457 e. The first-order valence-corrected chi connectivity index (χ1v) is 12.8. The van der Waals surface area contributed by atoms with Gasteiger partial charge in [0, 0.05) is 49.6 Å². The van der Waals surface area contributed by atoms with Crippen LogP contribution in [0.3, 0.4) is 0 Å². The third kappa shape index (κ3) is 6.00. The van der Waals surface area contributed by atoms with Crippen LogP contribution in [-0.2, 0) is 23.0 Å². The molecular formula is C29H32FN5O3. The maximum Gasteiger partial charge on any atom is 0.208 e. The fraction of sp³-hybridized carbons (Fsp3) is 0.345. The number of hydrogen-bond acceptors (Lipinski definition) is 7. The summed E-state index contributed by atoms with van der Waals surface area (Å²) in [4.78, 5) is 21.3. The van der Waals surface area contributed by atoms with E-state index in [1.807, 2.05) is 49.7 Å². The Labute approximate surface area is 221 Å². The predicted molar refractivity (Wildman–Crippen MR) is 145 cm³/mol. The standard InChI is InChI=1S/C29H32FN5O3/c1-18(2)32-16-22(36)12-21-13-24(8-10-31-21)38-23-5-7-28-27(15-23)34-29(35(28)3)33-20-4-6-26(30)25(14-20)19-9-11-37-17-19/h4-8,10,13-15,18-19,32H,9,11-12,16-17H2,1-3H3,(H,33,34). The van der Waals surface area contributed by atoms with E-state index < -0.39 is 0 Å². The first-order valence-electron chi connectivity index (χ1n) is 12.8. The molecule has 1 aliphatic heterocycles. The summed E-state index contributed by atoms with van der Waals surface area (Å²) >= 11 is 0. The summed E-state index contributed by atoms with van der Waals surface area (Å²) in [7, 11) is 1.92. The molecule has 1 fully saturated rings. The van der Waals surface area contributed by atoms with Crippen molar-refractivity contribution in [3.05, 3.63) is 71.8 Å². The number of aromatic nitrogens is 3. The highest BCUT2D eigenvalue weighted by Gasteiger charge is 2.21. The molecule has 0 spiro atoms. The highest BCUT2D eigenvalue weighted by Crippen LogP contribution is 2.32. The summed E-state index contributed by atoms with van der Waals surface area (Å²) in [5, 5.41) is 6.46. The zero-order valence-corrected chi connectivity index (χ0v) is 21.8. The van der Waals surface area contributed by atoms with Gasteiger partial charge in [0.05, 0.1) is 36.3 Å². The van der Waals surface area contributed by atoms with Crippen molar-refractivity contribution in [1.29, 1.82) is 0 Å². The number of pyridine rings is 1. The molecule has 198 valence electrons. The van der Waals surface area contributed by atoms with Gasteiger partial charge in [0.2, 0.25) is 5.95 Å².